The van der Waals surface area contributed by atoms with Gasteiger partial charge in [-0.2, -0.15) is 0 Å². The fraction of sp³-hybridized carbons (Fsp3) is 0.316. The Kier molecular flexibility index (Phi) is 6.89. The van der Waals surface area contributed by atoms with E-state index in [1.165, 1.54) is 19.2 Å². The van der Waals surface area contributed by atoms with Crippen LogP contribution in [-0.4, -0.2) is 27.5 Å². The van der Waals surface area contributed by atoms with Crippen LogP contribution in [0.3, 0.4) is 0 Å². The van der Waals surface area contributed by atoms with E-state index in [2.05, 4.69) is 26.0 Å². The second-order valence-corrected chi connectivity index (χ2v) is 9.05. The number of hydrogen-bond donors (Lipinski definition) is 2. The highest BCUT2D eigenvalue weighted by molar-refractivity contribution is 9.10. The minimum Gasteiger partial charge on any atom is -0.495 e. The van der Waals surface area contributed by atoms with Crippen molar-refractivity contribution in [2.45, 2.75) is 31.7 Å². The zero-order valence-electron chi connectivity index (χ0n) is 15.6. The van der Waals surface area contributed by atoms with E-state index in [0.29, 0.717) is 5.69 Å². The van der Waals surface area contributed by atoms with E-state index in [4.69, 9.17) is 4.74 Å². The Morgan fingerprint density at radius 1 is 1.07 bits per heavy atom. The molecule has 0 radical (unpaired) electrons. The van der Waals surface area contributed by atoms with Crippen molar-refractivity contribution in [3.8, 4) is 5.75 Å². The van der Waals surface area contributed by atoms with Crippen molar-refractivity contribution in [2.75, 3.05) is 11.8 Å². The average molecular weight is 455 g/mol. The summed E-state index contributed by atoms with van der Waals surface area (Å²) < 4.78 is 34.2. The Balaban J connectivity index is 2.36. The summed E-state index contributed by atoms with van der Waals surface area (Å²) in [5, 5.41) is 2.87. The lowest BCUT2D eigenvalue weighted by molar-refractivity contribution is 0.0930. The van der Waals surface area contributed by atoms with Gasteiger partial charge in [-0.1, -0.05) is 29.8 Å². The molecule has 0 aliphatic heterocycles. The number of ether oxygens (including phenoxy) is 1. The van der Waals surface area contributed by atoms with Crippen molar-refractivity contribution in [3.63, 3.8) is 0 Å². The predicted octanol–water partition coefficient (Wildman–Crippen LogP) is 4.03. The second kappa shape index (κ2) is 8.75. The fourth-order valence-electron chi connectivity index (χ4n) is 2.21. The summed E-state index contributed by atoms with van der Waals surface area (Å²) in [6.45, 7) is 5.90. The molecule has 0 bridgehead atoms. The van der Waals surface area contributed by atoms with Crippen LogP contribution in [0.5, 0.6) is 5.75 Å². The smallest absolute Gasteiger partial charge is 0.265 e. The van der Waals surface area contributed by atoms with Crippen molar-refractivity contribution >= 4 is 37.5 Å². The van der Waals surface area contributed by atoms with E-state index < -0.39 is 10.0 Å². The lowest BCUT2D eigenvalue weighted by Gasteiger charge is -2.18. The van der Waals surface area contributed by atoms with Crippen molar-refractivity contribution in [3.05, 3.63) is 52.5 Å². The number of benzene rings is 2. The van der Waals surface area contributed by atoms with Gasteiger partial charge in [0.15, 0.2) is 0 Å². The van der Waals surface area contributed by atoms with Crippen LogP contribution < -0.4 is 14.8 Å². The number of methoxy groups -OCH3 is 1. The Labute approximate surface area is 168 Å². The zero-order valence-corrected chi connectivity index (χ0v) is 18.0. The highest BCUT2D eigenvalue weighted by Crippen LogP contribution is 2.27. The van der Waals surface area contributed by atoms with Gasteiger partial charge in [0.25, 0.3) is 15.9 Å². The minimum absolute atomic E-state index is 0.0412. The molecule has 2 rings (SSSR count). The third-order valence-electron chi connectivity index (χ3n) is 4.17. The van der Waals surface area contributed by atoms with E-state index in [9.17, 15) is 13.2 Å². The maximum atomic E-state index is 12.8. The number of carbonyl (C=O) groups excluding carboxylic acids is 1. The average Bonchev–Trinajstić information content (AvgIpc) is 2.62. The van der Waals surface area contributed by atoms with Gasteiger partial charge in [-0.15, -0.1) is 0 Å². The lowest BCUT2D eigenvalue weighted by atomic mass is 10.1. The van der Waals surface area contributed by atoms with Crippen LogP contribution in [0.2, 0.25) is 0 Å². The number of hydrogen-bond acceptors (Lipinski definition) is 4. The van der Waals surface area contributed by atoms with Gasteiger partial charge in [0.1, 0.15) is 10.6 Å². The first-order valence-corrected chi connectivity index (χ1v) is 10.7. The monoisotopic (exact) mass is 454 g/mol. The summed E-state index contributed by atoms with van der Waals surface area (Å²) in [6.07, 6.45) is 0. The Morgan fingerprint density at radius 2 is 1.70 bits per heavy atom. The quantitative estimate of drug-likeness (QED) is 0.660. The molecule has 146 valence electrons. The first-order valence-electron chi connectivity index (χ1n) is 8.41. The molecule has 2 aromatic carbocycles. The number of halogens is 1. The number of nitrogens with one attached hydrogen (secondary N) is 2. The van der Waals surface area contributed by atoms with Crippen molar-refractivity contribution in [1.82, 2.24) is 5.32 Å². The molecule has 0 saturated carbocycles. The third kappa shape index (κ3) is 5.46. The fourth-order valence-corrected chi connectivity index (χ4v) is 3.73. The Morgan fingerprint density at radius 3 is 2.26 bits per heavy atom. The van der Waals surface area contributed by atoms with E-state index in [1.807, 2.05) is 20.8 Å². The molecule has 0 fully saturated rings. The summed E-state index contributed by atoms with van der Waals surface area (Å²) in [4.78, 5) is 12.4. The van der Waals surface area contributed by atoms with Crippen LogP contribution in [0, 0.1) is 5.92 Å². The maximum Gasteiger partial charge on any atom is 0.265 e. The van der Waals surface area contributed by atoms with Gasteiger partial charge >= 0.3 is 0 Å². The van der Waals surface area contributed by atoms with Crippen LogP contribution in [0.1, 0.15) is 31.1 Å². The maximum absolute atomic E-state index is 12.8. The minimum atomic E-state index is -3.94. The molecule has 1 atom stereocenters. The summed E-state index contributed by atoms with van der Waals surface area (Å²) in [5.74, 6) is 0.0847. The van der Waals surface area contributed by atoms with E-state index in [-0.39, 0.29) is 34.1 Å². The van der Waals surface area contributed by atoms with Gasteiger partial charge in [0.2, 0.25) is 0 Å². The van der Waals surface area contributed by atoms with Gasteiger partial charge < -0.3 is 10.1 Å². The van der Waals surface area contributed by atoms with Crippen LogP contribution in [-0.2, 0) is 10.0 Å². The van der Waals surface area contributed by atoms with Gasteiger partial charge in [-0.05, 0) is 55.3 Å². The molecule has 0 aliphatic carbocycles. The second-order valence-electron chi connectivity index (χ2n) is 6.48. The number of carbonyl (C=O) groups is 1. The molecule has 2 N–H and O–H groups in total. The molecular weight excluding hydrogens is 432 g/mol. The highest BCUT2D eigenvalue weighted by Gasteiger charge is 2.22. The van der Waals surface area contributed by atoms with Crippen molar-refractivity contribution in [1.29, 1.82) is 0 Å². The zero-order chi connectivity index (χ0) is 20.2. The number of sulfonamides is 1. The molecule has 6 nitrogen and oxygen atoms in total. The van der Waals surface area contributed by atoms with Crippen LogP contribution >= 0.6 is 15.9 Å². The van der Waals surface area contributed by atoms with Gasteiger partial charge in [-0.25, -0.2) is 8.42 Å². The molecule has 1 unspecified atom stereocenters. The third-order valence-corrected chi connectivity index (χ3v) is 6.10. The summed E-state index contributed by atoms with van der Waals surface area (Å²) in [5.41, 5.74) is 0.656. The molecule has 8 heteroatoms. The van der Waals surface area contributed by atoms with Crippen molar-refractivity contribution in [2.24, 2.45) is 5.92 Å². The van der Waals surface area contributed by atoms with E-state index in [1.54, 1.807) is 30.3 Å². The standard InChI is InChI=1S/C19H23BrN2O4S/c1-12(2)13(3)21-19(23)14-5-10-17(26-4)18(11-14)27(24,25)22-16-8-6-15(20)7-9-16/h5-13,22H,1-4H3,(H,21,23). The molecule has 0 spiro atoms. The molecule has 27 heavy (non-hydrogen) atoms. The Bertz CT molecular complexity index is 912. The summed E-state index contributed by atoms with van der Waals surface area (Å²) >= 11 is 3.31. The van der Waals surface area contributed by atoms with Crippen LogP contribution in [0.25, 0.3) is 0 Å². The first kappa shape index (κ1) is 21.2. The SMILES string of the molecule is COc1ccc(C(=O)NC(C)C(C)C)cc1S(=O)(=O)Nc1ccc(Br)cc1. The first-order chi connectivity index (χ1) is 12.6. The summed E-state index contributed by atoms with van der Waals surface area (Å²) in [7, 11) is -2.56. The Hall–Kier alpha value is -2.06. The largest absolute Gasteiger partial charge is 0.495 e. The lowest BCUT2D eigenvalue weighted by Crippen LogP contribution is -2.36. The van der Waals surface area contributed by atoms with Crippen LogP contribution in [0.4, 0.5) is 5.69 Å². The molecule has 1 amide bonds. The molecule has 0 aromatic heterocycles. The van der Waals surface area contributed by atoms with Gasteiger partial charge in [0.05, 0.1) is 7.11 Å². The molecule has 2 aromatic rings. The van der Waals surface area contributed by atoms with Gasteiger partial charge in [-0.3, -0.25) is 9.52 Å². The molecule has 0 saturated heterocycles. The summed E-state index contributed by atoms with van der Waals surface area (Å²) in [6, 6.07) is 11.0. The normalized spacial score (nSPS) is 12.5. The van der Waals surface area contributed by atoms with E-state index >= 15 is 0 Å². The highest BCUT2D eigenvalue weighted by atomic mass is 79.9. The molecule has 0 heterocycles. The predicted molar refractivity (Wildman–Crippen MR) is 110 cm³/mol. The topological polar surface area (TPSA) is 84.5 Å². The van der Waals surface area contributed by atoms with Crippen LogP contribution in [0.15, 0.2) is 51.8 Å². The van der Waals surface area contributed by atoms with E-state index in [0.717, 1.165) is 4.47 Å². The molecule has 0 aliphatic rings. The number of rotatable bonds is 7. The molecular formula is C19H23BrN2O4S. The number of amides is 1. The van der Waals surface area contributed by atoms with Crippen molar-refractivity contribution < 1.29 is 17.9 Å². The number of anilines is 1. The van der Waals surface area contributed by atoms with Gasteiger partial charge in [0, 0.05) is 21.8 Å².